The first-order valence-electron chi connectivity index (χ1n) is 10.0. The molecule has 2 aromatic rings. The van der Waals surface area contributed by atoms with Gasteiger partial charge in [-0.05, 0) is 67.5 Å². The van der Waals surface area contributed by atoms with Gasteiger partial charge in [-0.25, -0.2) is 0 Å². The van der Waals surface area contributed by atoms with Gasteiger partial charge in [0.2, 0.25) is 5.91 Å². The number of hydrogen-bond acceptors (Lipinski definition) is 2. The first-order valence-corrected chi connectivity index (χ1v) is 10.8. The lowest BCUT2D eigenvalue weighted by molar-refractivity contribution is -0.121. The van der Waals surface area contributed by atoms with Crippen molar-refractivity contribution in [2.45, 2.75) is 45.6 Å². The molecule has 1 heterocycles. The van der Waals surface area contributed by atoms with Crippen molar-refractivity contribution < 1.29 is 4.79 Å². The third-order valence-electron chi connectivity index (χ3n) is 5.42. The van der Waals surface area contributed by atoms with Crippen molar-refractivity contribution in [1.82, 2.24) is 5.32 Å². The monoisotopic (exact) mass is 418 g/mol. The van der Waals surface area contributed by atoms with E-state index in [1.165, 1.54) is 18.5 Å². The number of amides is 1. The quantitative estimate of drug-likeness (QED) is 0.619. The second-order valence-electron chi connectivity index (χ2n) is 7.82. The molecular formula is C23H28Cl2N2O. The fourth-order valence-electron chi connectivity index (χ4n) is 3.75. The van der Waals surface area contributed by atoms with E-state index in [0.717, 1.165) is 30.1 Å². The van der Waals surface area contributed by atoms with Crippen LogP contribution >= 0.6 is 23.2 Å². The van der Waals surface area contributed by atoms with E-state index in [0.29, 0.717) is 22.9 Å². The van der Waals surface area contributed by atoms with Gasteiger partial charge in [0.1, 0.15) is 0 Å². The van der Waals surface area contributed by atoms with Gasteiger partial charge in [-0.3, -0.25) is 4.79 Å². The number of rotatable bonds is 6. The molecule has 3 rings (SSSR count). The van der Waals surface area contributed by atoms with Crippen LogP contribution < -0.4 is 10.2 Å². The van der Waals surface area contributed by atoms with Gasteiger partial charge in [0, 0.05) is 25.2 Å². The van der Waals surface area contributed by atoms with Gasteiger partial charge in [0.05, 0.1) is 16.1 Å². The summed E-state index contributed by atoms with van der Waals surface area (Å²) >= 11 is 12.0. The van der Waals surface area contributed by atoms with Gasteiger partial charge in [-0.1, -0.05) is 48.3 Å². The molecule has 1 aliphatic heterocycles. The number of benzene rings is 2. The SMILES string of the molecule is C[C@H]1CCCN(c2ccc([C@H](C)NC(=O)CCc3ccc(Cl)c(Cl)c3)cc2)C1. The first-order chi connectivity index (χ1) is 13.4. The summed E-state index contributed by atoms with van der Waals surface area (Å²) in [5.41, 5.74) is 3.41. The summed E-state index contributed by atoms with van der Waals surface area (Å²) in [6.45, 7) is 6.59. The third-order valence-corrected chi connectivity index (χ3v) is 6.16. The molecule has 1 amide bonds. The standard InChI is InChI=1S/C23H28Cl2N2O/c1-16-4-3-13-27(15-16)20-9-7-19(8-10-20)17(2)26-23(28)12-6-18-5-11-21(24)22(25)14-18/h5,7-11,14,16-17H,3-4,6,12-13,15H2,1-2H3,(H,26,28)/t16-,17-/m0/s1. The van der Waals surface area contributed by atoms with Gasteiger partial charge in [-0.2, -0.15) is 0 Å². The number of carbonyl (C=O) groups is 1. The number of piperidine rings is 1. The lowest BCUT2D eigenvalue weighted by Crippen LogP contribution is -2.34. The van der Waals surface area contributed by atoms with Gasteiger partial charge in [0.25, 0.3) is 0 Å². The highest BCUT2D eigenvalue weighted by molar-refractivity contribution is 6.42. The predicted molar refractivity (Wildman–Crippen MR) is 118 cm³/mol. The fourth-order valence-corrected chi connectivity index (χ4v) is 4.07. The normalized spacial score (nSPS) is 18.0. The molecule has 1 saturated heterocycles. The van der Waals surface area contributed by atoms with E-state index in [1.807, 2.05) is 19.1 Å². The minimum atomic E-state index is -0.0179. The zero-order chi connectivity index (χ0) is 20.1. The Bertz CT molecular complexity index is 807. The van der Waals surface area contributed by atoms with Crippen molar-refractivity contribution in [3.63, 3.8) is 0 Å². The Balaban J connectivity index is 1.51. The molecular weight excluding hydrogens is 391 g/mol. The molecule has 0 aliphatic carbocycles. The molecule has 0 unspecified atom stereocenters. The highest BCUT2D eigenvalue weighted by Crippen LogP contribution is 2.25. The largest absolute Gasteiger partial charge is 0.371 e. The molecule has 2 aromatic carbocycles. The lowest BCUT2D eigenvalue weighted by atomic mass is 9.99. The Morgan fingerprint density at radius 1 is 1.18 bits per heavy atom. The van der Waals surface area contributed by atoms with Crippen LogP contribution in [0.25, 0.3) is 0 Å². The lowest BCUT2D eigenvalue weighted by Gasteiger charge is -2.33. The number of anilines is 1. The van der Waals surface area contributed by atoms with E-state index in [-0.39, 0.29) is 11.9 Å². The number of nitrogens with zero attached hydrogens (tertiary/aromatic N) is 1. The highest BCUT2D eigenvalue weighted by Gasteiger charge is 2.17. The second kappa shape index (κ2) is 9.67. The maximum Gasteiger partial charge on any atom is 0.220 e. The van der Waals surface area contributed by atoms with Gasteiger partial charge >= 0.3 is 0 Å². The summed E-state index contributed by atoms with van der Waals surface area (Å²) < 4.78 is 0. The molecule has 5 heteroatoms. The molecule has 0 radical (unpaired) electrons. The molecule has 0 bridgehead atoms. The van der Waals surface area contributed by atoms with E-state index in [4.69, 9.17) is 23.2 Å². The minimum absolute atomic E-state index is 0.0179. The van der Waals surface area contributed by atoms with Gasteiger partial charge in [0.15, 0.2) is 0 Å². The van der Waals surface area contributed by atoms with Crippen LogP contribution in [0.1, 0.15) is 50.3 Å². The molecule has 1 N–H and O–H groups in total. The smallest absolute Gasteiger partial charge is 0.220 e. The van der Waals surface area contributed by atoms with Crippen LogP contribution in [0.15, 0.2) is 42.5 Å². The van der Waals surface area contributed by atoms with Gasteiger partial charge in [-0.15, -0.1) is 0 Å². The summed E-state index contributed by atoms with van der Waals surface area (Å²) in [7, 11) is 0. The maximum absolute atomic E-state index is 12.3. The van der Waals surface area contributed by atoms with E-state index >= 15 is 0 Å². The molecule has 3 nitrogen and oxygen atoms in total. The van der Waals surface area contributed by atoms with Crippen molar-refractivity contribution in [3.05, 3.63) is 63.6 Å². The Hall–Kier alpha value is -1.71. The van der Waals surface area contributed by atoms with E-state index in [9.17, 15) is 4.79 Å². The van der Waals surface area contributed by atoms with Crippen LogP contribution in [0, 0.1) is 5.92 Å². The maximum atomic E-state index is 12.3. The zero-order valence-electron chi connectivity index (χ0n) is 16.6. The summed E-state index contributed by atoms with van der Waals surface area (Å²) in [4.78, 5) is 14.8. The molecule has 150 valence electrons. The van der Waals surface area contributed by atoms with Crippen LogP contribution in [-0.4, -0.2) is 19.0 Å². The summed E-state index contributed by atoms with van der Waals surface area (Å²) in [6.07, 6.45) is 3.64. The highest BCUT2D eigenvalue weighted by atomic mass is 35.5. The number of aryl methyl sites for hydroxylation is 1. The van der Waals surface area contributed by atoms with Crippen LogP contribution in [0.4, 0.5) is 5.69 Å². The van der Waals surface area contributed by atoms with E-state index in [2.05, 4.69) is 41.4 Å². The second-order valence-corrected chi connectivity index (χ2v) is 8.64. The predicted octanol–water partition coefficient (Wildman–Crippen LogP) is 6.04. The van der Waals surface area contributed by atoms with E-state index in [1.54, 1.807) is 6.07 Å². The first kappa shape index (κ1) is 21.0. The van der Waals surface area contributed by atoms with Crippen molar-refractivity contribution >= 4 is 34.8 Å². The van der Waals surface area contributed by atoms with Crippen molar-refractivity contribution in [2.75, 3.05) is 18.0 Å². The van der Waals surface area contributed by atoms with Crippen LogP contribution in [0.2, 0.25) is 10.0 Å². The summed E-state index contributed by atoms with van der Waals surface area (Å²) in [6, 6.07) is 14.1. The number of carbonyl (C=O) groups excluding carboxylic acids is 1. The molecule has 1 fully saturated rings. The Labute approximate surface area is 178 Å². The van der Waals surface area contributed by atoms with Crippen LogP contribution in [-0.2, 0) is 11.2 Å². The summed E-state index contributed by atoms with van der Waals surface area (Å²) in [5.74, 6) is 0.787. The van der Waals surface area contributed by atoms with Crippen molar-refractivity contribution in [3.8, 4) is 0 Å². The summed E-state index contributed by atoms with van der Waals surface area (Å²) in [5, 5.41) is 4.14. The fraction of sp³-hybridized carbons (Fsp3) is 0.435. The van der Waals surface area contributed by atoms with Gasteiger partial charge < -0.3 is 10.2 Å². The van der Waals surface area contributed by atoms with Crippen LogP contribution in [0.3, 0.4) is 0 Å². The minimum Gasteiger partial charge on any atom is -0.371 e. The van der Waals surface area contributed by atoms with Crippen molar-refractivity contribution in [1.29, 1.82) is 0 Å². The number of hydrogen-bond donors (Lipinski definition) is 1. The Morgan fingerprint density at radius 2 is 1.93 bits per heavy atom. The number of halogens is 2. The molecule has 0 saturated carbocycles. The third kappa shape index (κ3) is 5.65. The molecule has 0 aromatic heterocycles. The topological polar surface area (TPSA) is 32.3 Å². The Kier molecular flexibility index (Phi) is 7.25. The average molecular weight is 419 g/mol. The molecule has 1 aliphatic rings. The average Bonchev–Trinajstić information content (AvgIpc) is 2.69. The Morgan fingerprint density at radius 3 is 2.61 bits per heavy atom. The molecule has 0 spiro atoms. The molecule has 28 heavy (non-hydrogen) atoms. The van der Waals surface area contributed by atoms with E-state index < -0.39 is 0 Å². The zero-order valence-corrected chi connectivity index (χ0v) is 18.1. The molecule has 2 atom stereocenters. The van der Waals surface area contributed by atoms with Crippen LogP contribution in [0.5, 0.6) is 0 Å². The number of nitrogens with one attached hydrogen (secondary N) is 1. The van der Waals surface area contributed by atoms with Crippen molar-refractivity contribution in [2.24, 2.45) is 5.92 Å².